The Morgan fingerprint density at radius 1 is 1.16 bits per heavy atom. The van der Waals surface area contributed by atoms with Gasteiger partial charge in [0.25, 0.3) is 0 Å². The van der Waals surface area contributed by atoms with Crippen molar-refractivity contribution in [1.29, 1.82) is 5.26 Å². The Balaban J connectivity index is 1.32. The van der Waals surface area contributed by atoms with Crippen LogP contribution in [0.15, 0.2) is 66.9 Å². The van der Waals surface area contributed by atoms with E-state index in [9.17, 15) is 24.8 Å². The number of nitrogens with zero attached hydrogens (tertiary/aromatic N) is 7. The number of nitrogen functional groups attached to an aromatic ring is 1. The molecule has 4 heterocycles. The number of amides is 4. The van der Waals surface area contributed by atoms with Gasteiger partial charge in [-0.3, -0.25) is 14.6 Å². The van der Waals surface area contributed by atoms with Crippen molar-refractivity contribution in [2.24, 2.45) is 0 Å². The van der Waals surface area contributed by atoms with Crippen LogP contribution in [-0.2, 0) is 29.1 Å². The summed E-state index contributed by atoms with van der Waals surface area (Å²) >= 11 is 1.36. The van der Waals surface area contributed by atoms with Crippen molar-refractivity contribution in [3.63, 3.8) is 0 Å². The minimum atomic E-state index is -0.931. The molecular formula is C30H29N9O4S. The van der Waals surface area contributed by atoms with Gasteiger partial charge in [-0.25, -0.2) is 14.8 Å². The van der Waals surface area contributed by atoms with Crippen LogP contribution in [0.5, 0.6) is 5.75 Å². The second-order valence-electron chi connectivity index (χ2n) is 10.5. The monoisotopic (exact) mass is 611 g/mol. The fraction of sp³-hybridized carbons (Fsp3) is 0.267. The molecule has 13 nitrogen and oxygen atoms in total. The Morgan fingerprint density at radius 3 is 2.73 bits per heavy atom. The van der Waals surface area contributed by atoms with Gasteiger partial charge < -0.3 is 26.0 Å². The quantitative estimate of drug-likeness (QED) is 0.252. The van der Waals surface area contributed by atoms with Crippen LogP contribution in [0.4, 0.5) is 9.93 Å². The third-order valence-electron chi connectivity index (χ3n) is 7.71. The highest BCUT2D eigenvalue weighted by molar-refractivity contribution is 7.22. The number of aromatic hydroxyl groups is 1. The standard InChI is InChI=1S/C30H29N9O4S/c31-11-12-37(30(43)34-14-19-5-2-1-3-6-19)38-18-26(41)39-23(13-21-9-10-22(40)15-33-21)28(42)36(17-25(38)39)16-20-7-4-8-24-27(20)35-29(32)44-24/h1-10,15,23,25,40H,12-14,16-18H2,(H2,32,35)(H,34,43)/t23-,25+/m0/s1. The highest BCUT2D eigenvalue weighted by Gasteiger charge is 2.52. The van der Waals surface area contributed by atoms with Gasteiger partial charge in [-0.2, -0.15) is 10.3 Å². The third kappa shape index (κ3) is 5.70. The van der Waals surface area contributed by atoms with E-state index >= 15 is 0 Å². The van der Waals surface area contributed by atoms with E-state index in [2.05, 4.69) is 15.3 Å². The van der Waals surface area contributed by atoms with E-state index in [-0.39, 0.29) is 56.7 Å². The van der Waals surface area contributed by atoms with E-state index in [1.807, 2.05) is 54.6 Å². The summed E-state index contributed by atoms with van der Waals surface area (Å²) in [6.45, 7) is 0.0354. The Bertz CT molecular complexity index is 1740. The zero-order chi connectivity index (χ0) is 30.8. The van der Waals surface area contributed by atoms with Gasteiger partial charge in [-0.1, -0.05) is 53.8 Å². The first-order valence-corrected chi connectivity index (χ1v) is 14.7. The Labute approximate surface area is 256 Å². The number of thiazole rings is 1. The maximum Gasteiger partial charge on any atom is 0.333 e. The number of fused-ring (bicyclic) bond motifs is 2. The number of benzene rings is 2. The number of anilines is 1. The second kappa shape index (κ2) is 12.2. The predicted octanol–water partition coefficient (Wildman–Crippen LogP) is 2.05. The lowest BCUT2D eigenvalue weighted by Crippen LogP contribution is -2.66. The SMILES string of the molecule is N#CCN(C(=O)NCc1ccccc1)N1CC(=O)N2[C@@H](Cc3ccc(O)cn3)C(=O)N(Cc3cccc4sc(N)nc34)C[C@@H]21. The number of piperazine rings is 1. The molecule has 14 heteroatoms. The number of para-hydroxylation sites is 1. The molecule has 0 radical (unpaired) electrons. The van der Waals surface area contributed by atoms with Gasteiger partial charge >= 0.3 is 6.03 Å². The fourth-order valence-electron chi connectivity index (χ4n) is 5.69. The van der Waals surface area contributed by atoms with Crippen molar-refractivity contribution < 1.29 is 19.5 Å². The first kappa shape index (κ1) is 28.8. The number of pyridine rings is 1. The summed E-state index contributed by atoms with van der Waals surface area (Å²) in [4.78, 5) is 52.9. The minimum absolute atomic E-state index is 0.0176. The molecule has 2 aromatic heterocycles. The van der Waals surface area contributed by atoms with E-state index in [1.54, 1.807) is 16.0 Å². The normalized spacial score (nSPS) is 18.3. The number of nitriles is 1. The molecule has 0 unspecified atom stereocenters. The van der Waals surface area contributed by atoms with E-state index in [0.717, 1.165) is 15.8 Å². The van der Waals surface area contributed by atoms with Crippen molar-refractivity contribution in [1.82, 2.24) is 35.1 Å². The lowest BCUT2D eigenvalue weighted by molar-refractivity contribution is -0.157. The number of hydrazine groups is 1. The molecular weight excluding hydrogens is 582 g/mol. The molecule has 4 aromatic rings. The summed E-state index contributed by atoms with van der Waals surface area (Å²) in [6, 6.07) is 18.7. The molecule has 2 aliphatic rings. The van der Waals surface area contributed by atoms with Crippen LogP contribution in [-0.4, -0.2) is 84.6 Å². The average molecular weight is 612 g/mol. The molecule has 4 amide bonds. The molecule has 0 saturated carbocycles. The lowest BCUT2D eigenvalue weighted by atomic mass is 10.0. The molecule has 0 bridgehead atoms. The number of hydrogen-bond donors (Lipinski definition) is 3. The van der Waals surface area contributed by atoms with E-state index < -0.39 is 18.2 Å². The molecule has 2 fully saturated rings. The number of carbonyl (C=O) groups is 3. The van der Waals surface area contributed by atoms with Crippen LogP contribution in [0.25, 0.3) is 10.2 Å². The Morgan fingerprint density at radius 2 is 1.98 bits per heavy atom. The van der Waals surface area contributed by atoms with Gasteiger partial charge in [0.1, 0.15) is 24.5 Å². The van der Waals surface area contributed by atoms with E-state index in [1.165, 1.54) is 33.5 Å². The van der Waals surface area contributed by atoms with Crippen LogP contribution < -0.4 is 11.1 Å². The van der Waals surface area contributed by atoms with Gasteiger partial charge in [0.15, 0.2) is 5.13 Å². The number of urea groups is 1. The van der Waals surface area contributed by atoms with Crippen LogP contribution in [0.2, 0.25) is 0 Å². The Hall–Kier alpha value is -5.26. The van der Waals surface area contributed by atoms with Crippen molar-refractivity contribution in [2.75, 3.05) is 25.4 Å². The van der Waals surface area contributed by atoms with Crippen molar-refractivity contribution >= 4 is 44.5 Å². The molecule has 2 atom stereocenters. The molecule has 0 aliphatic carbocycles. The molecule has 2 aliphatic heterocycles. The summed E-state index contributed by atoms with van der Waals surface area (Å²) in [5, 5.41) is 25.4. The summed E-state index contributed by atoms with van der Waals surface area (Å²) < 4.78 is 0.892. The number of hydrogen-bond acceptors (Lipinski definition) is 10. The third-order valence-corrected chi connectivity index (χ3v) is 8.56. The number of aromatic nitrogens is 2. The highest BCUT2D eigenvalue weighted by Crippen LogP contribution is 2.32. The van der Waals surface area contributed by atoms with Gasteiger partial charge in [-0.05, 0) is 29.3 Å². The maximum absolute atomic E-state index is 14.1. The van der Waals surface area contributed by atoms with Gasteiger partial charge in [0.2, 0.25) is 11.8 Å². The van der Waals surface area contributed by atoms with Crippen LogP contribution in [0, 0.1) is 11.3 Å². The summed E-state index contributed by atoms with van der Waals surface area (Å²) in [5.74, 6) is -0.650. The largest absolute Gasteiger partial charge is 0.506 e. The van der Waals surface area contributed by atoms with E-state index in [0.29, 0.717) is 16.3 Å². The second-order valence-corrected chi connectivity index (χ2v) is 11.6. The van der Waals surface area contributed by atoms with Gasteiger partial charge in [-0.15, -0.1) is 0 Å². The predicted molar refractivity (Wildman–Crippen MR) is 161 cm³/mol. The minimum Gasteiger partial charge on any atom is -0.506 e. The first-order valence-electron chi connectivity index (χ1n) is 13.9. The number of nitrogens with two attached hydrogens (primary N) is 1. The number of rotatable bonds is 8. The van der Waals surface area contributed by atoms with Crippen LogP contribution in [0.3, 0.4) is 0 Å². The van der Waals surface area contributed by atoms with Crippen molar-refractivity contribution in [2.45, 2.75) is 31.7 Å². The maximum atomic E-state index is 14.1. The van der Waals surface area contributed by atoms with E-state index in [4.69, 9.17) is 5.73 Å². The smallest absolute Gasteiger partial charge is 0.333 e. The fourth-order valence-corrected chi connectivity index (χ4v) is 6.48. The lowest BCUT2D eigenvalue weighted by Gasteiger charge is -2.46. The summed E-state index contributed by atoms with van der Waals surface area (Å²) in [5.41, 5.74) is 8.86. The molecule has 2 saturated heterocycles. The molecule has 6 rings (SSSR count). The van der Waals surface area contributed by atoms with Crippen LogP contribution >= 0.6 is 11.3 Å². The number of nitrogens with one attached hydrogen (secondary N) is 1. The molecule has 224 valence electrons. The summed E-state index contributed by atoms with van der Waals surface area (Å²) in [7, 11) is 0. The van der Waals surface area contributed by atoms with Crippen molar-refractivity contribution in [3.8, 4) is 11.8 Å². The first-order chi connectivity index (χ1) is 21.3. The molecule has 0 spiro atoms. The molecule has 4 N–H and O–H groups in total. The van der Waals surface area contributed by atoms with Gasteiger partial charge in [0.05, 0.1) is 35.6 Å². The summed E-state index contributed by atoms with van der Waals surface area (Å²) in [6.07, 6.45) is 0.658. The van der Waals surface area contributed by atoms with Gasteiger partial charge in [0, 0.05) is 25.2 Å². The number of carbonyl (C=O) groups excluding carboxylic acids is 3. The molecule has 2 aromatic carbocycles. The topological polar surface area (TPSA) is 172 Å². The van der Waals surface area contributed by atoms with Crippen molar-refractivity contribution in [3.05, 3.63) is 83.7 Å². The Kier molecular flexibility index (Phi) is 7.97. The van der Waals surface area contributed by atoms with Crippen LogP contribution in [0.1, 0.15) is 16.8 Å². The molecule has 44 heavy (non-hydrogen) atoms. The highest BCUT2D eigenvalue weighted by atomic mass is 32.1. The zero-order valence-electron chi connectivity index (χ0n) is 23.5. The average Bonchev–Trinajstić information content (AvgIpc) is 3.57. The zero-order valence-corrected chi connectivity index (χ0v) is 24.4.